The van der Waals surface area contributed by atoms with Crippen LogP contribution in [0.3, 0.4) is 0 Å². The highest BCUT2D eigenvalue weighted by molar-refractivity contribution is 5.95. The zero-order valence-electron chi connectivity index (χ0n) is 21.6. The highest BCUT2D eigenvalue weighted by Crippen LogP contribution is 2.29. The van der Waals surface area contributed by atoms with Crippen LogP contribution in [0, 0.1) is 11.3 Å². The number of rotatable bonds is 9. The lowest BCUT2D eigenvalue weighted by Crippen LogP contribution is -2.47. The zero-order valence-corrected chi connectivity index (χ0v) is 22.4. The van der Waals surface area contributed by atoms with Crippen molar-refractivity contribution >= 4 is 36.0 Å². The number of carbonyl (C=O) groups is 3. The largest absolute Gasteiger partial charge is 0.491 e. The molecule has 2 fully saturated rings. The van der Waals surface area contributed by atoms with E-state index in [9.17, 15) is 14.4 Å². The molecule has 2 atom stereocenters. The smallest absolute Gasteiger partial charge is 0.306 e. The summed E-state index contributed by atoms with van der Waals surface area (Å²) in [5.41, 5.74) is 8.18. The minimum atomic E-state index is -0.518. The first-order valence-corrected chi connectivity index (χ1v) is 12.7. The number of nitrogens with zero attached hydrogens (tertiary/aromatic N) is 2. The summed E-state index contributed by atoms with van der Waals surface area (Å²) in [7, 11) is 1.31. The molecule has 38 heavy (non-hydrogen) atoms. The fourth-order valence-corrected chi connectivity index (χ4v) is 4.96. The number of benzene rings is 2. The van der Waals surface area contributed by atoms with Crippen LogP contribution >= 0.6 is 12.4 Å². The molecule has 2 saturated heterocycles. The van der Waals surface area contributed by atoms with Crippen LogP contribution in [0.5, 0.6) is 5.75 Å². The first-order chi connectivity index (χ1) is 17.9. The van der Waals surface area contributed by atoms with Crippen LogP contribution in [-0.4, -0.2) is 72.8 Å². The summed E-state index contributed by atoms with van der Waals surface area (Å²) in [4.78, 5) is 41.3. The van der Waals surface area contributed by atoms with Gasteiger partial charge in [-0.05, 0) is 48.9 Å². The summed E-state index contributed by atoms with van der Waals surface area (Å²) in [5.74, 6) is -0.535. The molecule has 3 N–H and O–H groups in total. The number of nitrogens with one attached hydrogen (secondary N) is 1. The number of esters is 1. The van der Waals surface area contributed by atoms with E-state index in [1.165, 1.54) is 7.11 Å². The number of amidine groups is 1. The van der Waals surface area contributed by atoms with Crippen molar-refractivity contribution in [1.29, 1.82) is 5.41 Å². The molecule has 2 heterocycles. The molecule has 4 rings (SSSR count). The fourth-order valence-electron chi connectivity index (χ4n) is 4.96. The number of ether oxygens (including phenoxy) is 2. The van der Waals surface area contributed by atoms with Crippen LogP contribution in [0.1, 0.15) is 37.7 Å². The first kappa shape index (κ1) is 29.0. The highest BCUT2D eigenvalue weighted by Gasteiger charge is 2.42. The number of amides is 2. The molecule has 2 aromatic rings. The second-order valence-electron chi connectivity index (χ2n) is 9.60. The Hall–Kier alpha value is -3.59. The van der Waals surface area contributed by atoms with Gasteiger partial charge in [0.15, 0.2) is 0 Å². The van der Waals surface area contributed by atoms with Crippen molar-refractivity contribution < 1.29 is 23.9 Å². The fraction of sp³-hybridized carbons (Fsp3) is 0.429. The number of nitrogen functional groups attached to an aromatic ring is 1. The molecule has 2 aliphatic heterocycles. The average molecular weight is 543 g/mol. The van der Waals surface area contributed by atoms with E-state index in [1.807, 2.05) is 53.4 Å². The molecule has 2 aliphatic rings. The Bertz CT molecular complexity index is 1130. The van der Waals surface area contributed by atoms with Gasteiger partial charge in [0, 0.05) is 18.7 Å². The van der Waals surface area contributed by atoms with Gasteiger partial charge in [-0.2, -0.15) is 0 Å². The average Bonchev–Trinajstić information content (AvgIpc) is 3.21. The summed E-state index contributed by atoms with van der Waals surface area (Å²) in [6.07, 6.45) is 3.51. The van der Waals surface area contributed by atoms with Gasteiger partial charge in [0.25, 0.3) is 0 Å². The number of likely N-dealkylation sites (tertiary alicyclic amines) is 2. The van der Waals surface area contributed by atoms with Gasteiger partial charge in [0.1, 0.15) is 24.7 Å². The Morgan fingerprint density at radius 1 is 1.00 bits per heavy atom. The molecule has 2 amide bonds. The van der Waals surface area contributed by atoms with Gasteiger partial charge >= 0.3 is 5.97 Å². The minimum Gasteiger partial charge on any atom is -0.491 e. The molecule has 0 saturated carbocycles. The third-order valence-electron chi connectivity index (χ3n) is 7.11. The maximum Gasteiger partial charge on any atom is 0.306 e. The second kappa shape index (κ2) is 13.3. The molecular formula is C28H35ClN4O5. The molecule has 0 unspecified atom stereocenters. The normalized spacial score (nSPS) is 19.0. The molecule has 0 bridgehead atoms. The van der Waals surface area contributed by atoms with E-state index >= 15 is 0 Å². The van der Waals surface area contributed by atoms with E-state index in [0.717, 1.165) is 43.5 Å². The molecule has 2 aromatic carbocycles. The van der Waals surface area contributed by atoms with E-state index in [0.29, 0.717) is 17.7 Å². The van der Waals surface area contributed by atoms with E-state index in [1.54, 1.807) is 4.90 Å². The van der Waals surface area contributed by atoms with Gasteiger partial charge in [0.05, 0.1) is 25.5 Å². The lowest BCUT2D eigenvalue weighted by Gasteiger charge is -2.30. The number of carbonyl (C=O) groups excluding carboxylic acids is 3. The third kappa shape index (κ3) is 7.04. The van der Waals surface area contributed by atoms with Gasteiger partial charge in [-0.25, -0.2) is 0 Å². The minimum absolute atomic E-state index is 0. The molecule has 0 radical (unpaired) electrons. The van der Waals surface area contributed by atoms with E-state index in [-0.39, 0.29) is 55.7 Å². The summed E-state index contributed by atoms with van der Waals surface area (Å²) in [6.45, 7) is 1.66. The molecule has 0 aromatic heterocycles. The molecule has 10 heteroatoms. The van der Waals surface area contributed by atoms with E-state index in [2.05, 4.69) is 0 Å². The number of nitrogens with two attached hydrogens (primary N) is 1. The van der Waals surface area contributed by atoms with Crippen molar-refractivity contribution in [3.63, 3.8) is 0 Å². The summed E-state index contributed by atoms with van der Waals surface area (Å²) in [5, 5.41) is 7.52. The van der Waals surface area contributed by atoms with Crippen LogP contribution < -0.4 is 10.5 Å². The Balaban J connectivity index is 0.00000400. The van der Waals surface area contributed by atoms with Crippen molar-refractivity contribution in [2.45, 2.75) is 38.1 Å². The quantitative estimate of drug-likeness (QED) is 0.284. The number of hydrogen-bond acceptors (Lipinski definition) is 6. The molecule has 0 aliphatic carbocycles. The maximum atomic E-state index is 13.1. The standard InChI is InChI=1S/C28H34N4O5.ClH/c1-36-26(34)16-22-15-23(32(28(22)35)17-25(33)31-13-3-2-4-14-31)18-37-24-11-9-20(10-12-24)19-5-7-21(8-6-19)27(29)30;/h5-12,22-23H,2-4,13-18H2,1H3,(H3,29,30);1H/t22-,23-;/m0./s1. The van der Waals surface area contributed by atoms with Gasteiger partial charge in [-0.3, -0.25) is 19.8 Å². The zero-order chi connectivity index (χ0) is 26.4. The lowest BCUT2D eigenvalue weighted by molar-refractivity contribution is -0.146. The predicted molar refractivity (Wildman–Crippen MR) is 146 cm³/mol. The van der Waals surface area contributed by atoms with Crippen molar-refractivity contribution in [1.82, 2.24) is 9.80 Å². The highest BCUT2D eigenvalue weighted by atomic mass is 35.5. The van der Waals surface area contributed by atoms with Crippen LogP contribution in [-0.2, 0) is 19.1 Å². The van der Waals surface area contributed by atoms with Crippen molar-refractivity contribution in [2.24, 2.45) is 11.7 Å². The van der Waals surface area contributed by atoms with E-state index < -0.39 is 11.9 Å². The Morgan fingerprint density at radius 3 is 2.18 bits per heavy atom. The van der Waals surface area contributed by atoms with Crippen LogP contribution in [0.2, 0.25) is 0 Å². The summed E-state index contributed by atoms with van der Waals surface area (Å²) >= 11 is 0. The maximum absolute atomic E-state index is 13.1. The molecule has 204 valence electrons. The van der Waals surface area contributed by atoms with Crippen molar-refractivity contribution in [2.75, 3.05) is 33.4 Å². The van der Waals surface area contributed by atoms with Crippen LogP contribution in [0.15, 0.2) is 48.5 Å². The Kier molecular flexibility index (Phi) is 10.1. The first-order valence-electron chi connectivity index (χ1n) is 12.7. The topological polar surface area (TPSA) is 126 Å². The summed E-state index contributed by atoms with van der Waals surface area (Å²) < 4.78 is 10.8. The second-order valence-corrected chi connectivity index (χ2v) is 9.60. The number of hydrogen-bond donors (Lipinski definition) is 2. The SMILES string of the molecule is COC(=O)C[C@@H]1C[C@@H](COc2ccc(-c3ccc(C(=N)N)cc3)cc2)N(CC(=O)N2CCCCC2)C1=O.Cl. The molecule has 9 nitrogen and oxygen atoms in total. The van der Waals surface area contributed by atoms with Gasteiger partial charge in [-0.15, -0.1) is 12.4 Å². The van der Waals surface area contributed by atoms with Gasteiger partial charge in [-0.1, -0.05) is 36.4 Å². The number of methoxy groups -OCH3 is 1. The van der Waals surface area contributed by atoms with E-state index in [4.69, 9.17) is 20.6 Å². The third-order valence-corrected chi connectivity index (χ3v) is 7.11. The van der Waals surface area contributed by atoms with Gasteiger partial charge < -0.3 is 25.0 Å². The summed E-state index contributed by atoms with van der Waals surface area (Å²) in [6, 6.07) is 14.7. The number of halogens is 1. The molecule has 0 spiro atoms. The monoisotopic (exact) mass is 542 g/mol. The lowest BCUT2D eigenvalue weighted by atomic mass is 10.0. The predicted octanol–water partition coefficient (Wildman–Crippen LogP) is 3.23. The van der Waals surface area contributed by atoms with Crippen LogP contribution in [0.4, 0.5) is 0 Å². The van der Waals surface area contributed by atoms with Crippen molar-refractivity contribution in [3.05, 3.63) is 54.1 Å². The van der Waals surface area contributed by atoms with Crippen molar-refractivity contribution in [3.8, 4) is 16.9 Å². The Labute approximate surface area is 229 Å². The van der Waals surface area contributed by atoms with Crippen LogP contribution in [0.25, 0.3) is 11.1 Å². The molecular weight excluding hydrogens is 508 g/mol. The Morgan fingerprint density at radius 2 is 1.61 bits per heavy atom. The number of piperidine rings is 1. The van der Waals surface area contributed by atoms with Gasteiger partial charge in [0.2, 0.25) is 11.8 Å².